The lowest BCUT2D eigenvalue weighted by molar-refractivity contribution is -0.137. The molecule has 7 heteroatoms. The second-order valence-electron chi connectivity index (χ2n) is 10.1. The van der Waals surface area contributed by atoms with Crippen molar-refractivity contribution in [2.75, 3.05) is 4.90 Å². The van der Waals surface area contributed by atoms with Crippen molar-refractivity contribution in [3.05, 3.63) is 141 Å². The van der Waals surface area contributed by atoms with Gasteiger partial charge in [0, 0.05) is 38.6 Å². The van der Waals surface area contributed by atoms with Crippen molar-refractivity contribution in [1.29, 1.82) is 0 Å². The van der Waals surface area contributed by atoms with Crippen LogP contribution in [0.15, 0.2) is 119 Å². The first-order chi connectivity index (χ1) is 19.7. The number of alkyl halides is 3. The fraction of sp³-hybridized carbons (Fsp3) is 0.0588. The molecular weight excluding hydrogens is 525 g/mol. The number of para-hydroxylation sites is 2. The third kappa shape index (κ3) is 3.84. The highest BCUT2D eigenvalue weighted by molar-refractivity contribution is 6.10. The Balaban J connectivity index is 1.70. The molecule has 2 aromatic heterocycles. The summed E-state index contributed by atoms with van der Waals surface area (Å²) >= 11 is 0. The first-order valence-corrected chi connectivity index (χ1v) is 13.0. The summed E-state index contributed by atoms with van der Waals surface area (Å²) in [6.07, 6.45) is -4.62. The van der Waals surface area contributed by atoms with E-state index in [1.807, 2.05) is 78.6 Å². The molecule has 7 aromatic rings. The monoisotopic (exact) mass is 546 g/mol. The molecule has 0 radical (unpaired) electrons. The smallest absolute Gasteiger partial charge is 0.310 e. The van der Waals surface area contributed by atoms with Crippen LogP contribution >= 0.6 is 0 Å². The summed E-state index contributed by atoms with van der Waals surface area (Å²) in [6, 6.07) is 31.0. The molecular formula is C34H21F3N2O2. The van der Waals surface area contributed by atoms with Gasteiger partial charge in [-0.3, -0.25) is 9.59 Å². The van der Waals surface area contributed by atoms with Gasteiger partial charge in [-0.05, 0) is 73.7 Å². The fourth-order valence-corrected chi connectivity index (χ4v) is 5.71. The van der Waals surface area contributed by atoms with Crippen LogP contribution in [0.5, 0.6) is 0 Å². The van der Waals surface area contributed by atoms with Crippen molar-refractivity contribution in [1.82, 2.24) is 4.40 Å². The van der Waals surface area contributed by atoms with Crippen molar-refractivity contribution in [3.8, 4) is 0 Å². The molecule has 41 heavy (non-hydrogen) atoms. The van der Waals surface area contributed by atoms with E-state index in [1.165, 1.54) is 6.07 Å². The molecule has 0 N–H and O–H groups in total. The minimum absolute atomic E-state index is 0.0673. The number of halogens is 3. The molecule has 0 amide bonds. The van der Waals surface area contributed by atoms with Crippen LogP contribution in [-0.2, 0) is 6.18 Å². The molecule has 0 aliphatic heterocycles. The van der Waals surface area contributed by atoms with Crippen LogP contribution in [-0.4, -0.2) is 4.40 Å². The van der Waals surface area contributed by atoms with Gasteiger partial charge in [0.25, 0.3) is 0 Å². The summed E-state index contributed by atoms with van der Waals surface area (Å²) in [4.78, 5) is 30.0. The summed E-state index contributed by atoms with van der Waals surface area (Å²) < 4.78 is 43.0. The van der Waals surface area contributed by atoms with Gasteiger partial charge < -0.3 is 9.30 Å². The first-order valence-electron chi connectivity index (χ1n) is 13.0. The Kier molecular flexibility index (Phi) is 5.41. The van der Waals surface area contributed by atoms with Gasteiger partial charge in [0.15, 0.2) is 10.9 Å². The summed E-state index contributed by atoms with van der Waals surface area (Å²) in [5.74, 6) is 0. The van der Waals surface area contributed by atoms with Gasteiger partial charge in [-0.25, -0.2) is 0 Å². The maximum Gasteiger partial charge on any atom is 0.416 e. The fourth-order valence-electron chi connectivity index (χ4n) is 5.71. The molecule has 200 valence electrons. The van der Waals surface area contributed by atoms with Gasteiger partial charge in [0.05, 0.1) is 22.1 Å². The highest BCUT2D eigenvalue weighted by Crippen LogP contribution is 2.38. The zero-order valence-corrected chi connectivity index (χ0v) is 21.7. The van der Waals surface area contributed by atoms with E-state index in [1.54, 1.807) is 28.7 Å². The summed E-state index contributed by atoms with van der Waals surface area (Å²) in [5, 5.41) is 0.834. The first kappa shape index (κ1) is 24.8. The van der Waals surface area contributed by atoms with Crippen molar-refractivity contribution in [2.45, 2.75) is 13.1 Å². The molecule has 7 rings (SSSR count). The topological polar surface area (TPSA) is 41.8 Å². The van der Waals surface area contributed by atoms with E-state index in [4.69, 9.17) is 0 Å². The Hall–Kier alpha value is -5.17. The Bertz CT molecular complexity index is 2200. The molecule has 0 unspecified atom stereocenters. The van der Waals surface area contributed by atoms with E-state index in [-0.39, 0.29) is 16.2 Å². The van der Waals surface area contributed by atoms with Gasteiger partial charge >= 0.3 is 6.18 Å². The van der Waals surface area contributed by atoms with Gasteiger partial charge in [-0.15, -0.1) is 0 Å². The number of benzene rings is 5. The number of hydrogen-bond donors (Lipinski definition) is 0. The number of nitrogens with zero attached hydrogens (tertiary/aromatic N) is 2. The van der Waals surface area contributed by atoms with E-state index in [0.717, 1.165) is 29.1 Å². The minimum atomic E-state index is -4.62. The lowest BCUT2D eigenvalue weighted by atomic mass is 9.99. The van der Waals surface area contributed by atoms with Crippen LogP contribution in [0.25, 0.3) is 38.1 Å². The van der Waals surface area contributed by atoms with Crippen LogP contribution < -0.4 is 15.8 Å². The van der Waals surface area contributed by atoms with Gasteiger partial charge in [0.2, 0.25) is 0 Å². The predicted octanol–water partition coefficient (Wildman–Crippen LogP) is 8.35. The van der Waals surface area contributed by atoms with Gasteiger partial charge in [0.1, 0.15) is 0 Å². The van der Waals surface area contributed by atoms with Crippen molar-refractivity contribution in [3.63, 3.8) is 0 Å². The summed E-state index contributed by atoms with van der Waals surface area (Å²) in [7, 11) is 0. The van der Waals surface area contributed by atoms with E-state index < -0.39 is 17.2 Å². The molecule has 0 aliphatic carbocycles. The molecule has 0 aliphatic rings. The van der Waals surface area contributed by atoms with Crippen molar-refractivity contribution < 1.29 is 13.2 Å². The van der Waals surface area contributed by atoms with Crippen LogP contribution in [0, 0.1) is 6.92 Å². The highest BCUT2D eigenvalue weighted by Gasteiger charge is 2.31. The number of anilines is 3. The molecule has 0 fully saturated rings. The number of fused-ring (bicyclic) bond motifs is 4. The second kappa shape index (κ2) is 8.93. The lowest BCUT2D eigenvalue weighted by Gasteiger charge is -2.26. The van der Waals surface area contributed by atoms with E-state index in [0.29, 0.717) is 33.0 Å². The zero-order valence-electron chi connectivity index (χ0n) is 21.7. The predicted molar refractivity (Wildman–Crippen MR) is 158 cm³/mol. The number of aryl methyl sites for hydroxylation is 1. The Morgan fingerprint density at radius 2 is 1.10 bits per heavy atom. The largest absolute Gasteiger partial charge is 0.416 e. The highest BCUT2D eigenvalue weighted by atomic mass is 19.4. The quantitative estimate of drug-likeness (QED) is 0.165. The molecule has 0 spiro atoms. The third-order valence-corrected chi connectivity index (χ3v) is 7.54. The van der Waals surface area contributed by atoms with E-state index in [9.17, 15) is 22.8 Å². The molecule has 2 heterocycles. The number of aromatic nitrogens is 1. The SMILES string of the molecule is Cc1ccc2c(c1)c(=O)c1cc(N(c3ccccc3)c3ccccc3)cc3c(=O)c4cc(C(F)(F)F)ccc4n2c13. The average Bonchev–Trinajstić information content (AvgIpc) is 2.97. The van der Waals surface area contributed by atoms with Crippen molar-refractivity contribution in [2.24, 2.45) is 0 Å². The van der Waals surface area contributed by atoms with Gasteiger partial charge in [-0.1, -0.05) is 48.0 Å². The number of pyridine rings is 2. The average molecular weight is 547 g/mol. The normalized spacial score (nSPS) is 12.1. The summed E-state index contributed by atoms with van der Waals surface area (Å²) in [5.41, 5.74) is 2.51. The lowest BCUT2D eigenvalue weighted by Crippen LogP contribution is -2.17. The molecule has 5 aromatic carbocycles. The Labute approximate surface area is 231 Å². The van der Waals surface area contributed by atoms with Crippen molar-refractivity contribution >= 4 is 55.2 Å². The van der Waals surface area contributed by atoms with Crippen LogP contribution in [0.1, 0.15) is 11.1 Å². The van der Waals surface area contributed by atoms with Crippen LogP contribution in [0.2, 0.25) is 0 Å². The van der Waals surface area contributed by atoms with Gasteiger partial charge in [-0.2, -0.15) is 13.2 Å². The molecule has 0 saturated carbocycles. The molecule has 0 bridgehead atoms. The number of hydrogen-bond acceptors (Lipinski definition) is 3. The minimum Gasteiger partial charge on any atom is -0.310 e. The van der Waals surface area contributed by atoms with Crippen LogP contribution in [0.3, 0.4) is 0 Å². The van der Waals surface area contributed by atoms with E-state index >= 15 is 0 Å². The second-order valence-corrected chi connectivity index (χ2v) is 10.1. The Morgan fingerprint density at radius 1 is 0.585 bits per heavy atom. The standard InChI is InChI=1S/C34H21F3N2O2/c1-20-12-14-29-25(16-20)32(40)27-18-24(38(22-8-4-2-5-9-22)23-10-6-3-7-11-23)19-28-31(27)39(29)30-15-13-21(34(35,36)37)17-26(30)33(28)41/h2-19H,1H3. The third-order valence-electron chi connectivity index (χ3n) is 7.54. The zero-order chi connectivity index (χ0) is 28.5. The molecule has 0 saturated heterocycles. The number of rotatable bonds is 3. The Morgan fingerprint density at radius 3 is 1.63 bits per heavy atom. The maximum atomic E-state index is 14.0. The molecule has 0 atom stereocenters. The van der Waals surface area contributed by atoms with Crippen LogP contribution in [0.4, 0.5) is 30.2 Å². The molecule has 4 nitrogen and oxygen atoms in total. The van der Waals surface area contributed by atoms with E-state index in [2.05, 4.69) is 0 Å². The summed E-state index contributed by atoms with van der Waals surface area (Å²) in [6.45, 7) is 1.88. The maximum absolute atomic E-state index is 14.0.